The Morgan fingerprint density at radius 1 is 1.16 bits per heavy atom. The largest absolute Gasteiger partial charge is 0.493 e. The van der Waals surface area contributed by atoms with Gasteiger partial charge in [0.15, 0.2) is 18.1 Å². The van der Waals surface area contributed by atoms with Crippen molar-refractivity contribution in [1.82, 2.24) is 0 Å². The van der Waals surface area contributed by atoms with Crippen molar-refractivity contribution in [3.63, 3.8) is 0 Å². The molecule has 0 aliphatic heterocycles. The number of methoxy groups -OCH3 is 1. The molecular weight excluding hydrogens is 478 g/mol. The van der Waals surface area contributed by atoms with Crippen LogP contribution in [0.25, 0.3) is 0 Å². The number of carbonyl (C=O) groups is 1. The maximum atomic E-state index is 12.2. The lowest BCUT2D eigenvalue weighted by Gasteiger charge is -2.13. The molecule has 0 atom stereocenters. The van der Waals surface area contributed by atoms with Gasteiger partial charge in [0, 0.05) is 24.0 Å². The van der Waals surface area contributed by atoms with E-state index in [2.05, 4.69) is 26.2 Å². The lowest BCUT2D eigenvalue weighted by atomic mass is 10.2. The summed E-state index contributed by atoms with van der Waals surface area (Å²) in [7, 11) is 1.50. The van der Waals surface area contributed by atoms with Crippen LogP contribution in [0.2, 0.25) is 0 Å². The molecule has 0 heterocycles. The first-order valence-corrected chi connectivity index (χ1v) is 10.3. The molecule has 1 N–H and O–H groups in total. The Bertz CT molecular complexity index is 1150. The second-order valence-electron chi connectivity index (χ2n) is 6.77. The molecule has 8 nitrogen and oxygen atoms in total. The number of aryl methyl sites for hydroxylation is 1. The highest BCUT2D eigenvalue weighted by molar-refractivity contribution is 9.10. The molecule has 0 aliphatic rings. The maximum Gasteiger partial charge on any atom is 0.269 e. The minimum absolute atomic E-state index is 0.00119. The third kappa shape index (κ3) is 6.14. The predicted octanol–water partition coefficient (Wildman–Crippen LogP) is 5.44. The molecule has 0 fully saturated rings. The van der Waals surface area contributed by atoms with E-state index in [0.29, 0.717) is 32.9 Å². The van der Waals surface area contributed by atoms with Gasteiger partial charge in [0.1, 0.15) is 0 Å². The molecule has 0 saturated heterocycles. The van der Waals surface area contributed by atoms with E-state index in [1.165, 1.54) is 19.2 Å². The molecule has 0 aromatic heterocycles. The second kappa shape index (κ2) is 10.5. The van der Waals surface area contributed by atoms with Crippen LogP contribution >= 0.6 is 15.9 Å². The molecule has 0 aliphatic carbocycles. The smallest absolute Gasteiger partial charge is 0.269 e. The number of anilines is 1. The van der Waals surface area contributed by atoms with Gasteiger partial charge in [-0.05, 0) is 64.8 Å². The van der Waals surface area contributed by atoms with Gasteiger partial charge >= 0.3 is 0 Å². The molecule has 164 valence electrons. The molecule has 3 rings (SSSR count). The number of ether oxygens (including phenoxy) is 2. The normalized spacial score (nSPS) is 10.7. The van der Waals surface area contributed by atoms with Gasteiger partial charge in [0.2, 0.25) is 0 Å². The lowest BCUT2D eigenvalue weighted by Crippen LogP contribution is -2.20. The van der Waals surface area contributed by atoms with Crippen molar-refractivity contribution in [3.8, 4) is 11.5 Å². The first-order valence-electron chi connectivity index (χ1n) is 9.51. The van der Waals surface area contributed by atoms with Crippen LogP contribution in [0.5, 0.6) is 11.5 Å². The predicted molar refractivity (Wildman–Crippen MR) is 126 cm³/mol. The third-order valence-corrected chi connectivity index (χ3v) is 4.95. The van der Waals surface area contributed by atoms with Crippen molar-refractivity contribution in [2.24, 2.45) is 4.99 Å². The molecule has 32 heavy (non-hydrogen) atoms. The second-order valence-corrected chi connectivity index (χ2v) is 7.62. The van der Waals surface area contributed by atoms with Crippen molar-refractivity contribution in [2.75, 3.05) is 19.0 Å². The Balaban J connectivity index is 1.68. The number of halogens is 1. The molecule has 0 saturated carbocycles. The number of nitrogens with zero attached hydrogens (tertiary/aromatic N) is 2. The molecule has 3 aromatic rings. The summed E-state index contributed by atoms with van der Waals surface area (Å²) in [6, 6.07) is 16.9. The van der Waals surface area contributed by atoms with Crippen molar-refractivity contribution >= 4 is 45.1 Å². The van der Waals surface area contributed by atoms with Crippen molar-refractivity contribution in [2.45, 2.75) is 6.92 Å². The average Bonchev–Trinajstić information content (AvgIpc) is 2.78. The van der Waals surface area contributed by atoms with Gasteiger partial charge in [-0.1, -0.05) is 17.7 Å². The van der Waals surface area contributed by atoms with E-state index < -0.39 is 4.92 Å². The number of amides is 1. The van der Waals surface area contributed by atoms with Gasteiger partial charge in [0.05, 0.1) is 22.2 Å². The van der Waals surface area contributed by atoms with Gasteiger partial charge in [0.25, 0.3) is 11.6 Å². The number of non-ortho nitro benzene ring substituents is 1. The van der Waals surface area contributed by atoms with Crippen LogP contribution in [-0.4, -0.2) is 30.8 Å². The highest BCUT2D eigenvalue weighted by Gasteiger charge is 2.13. The topological polar surface area (TPSA) is 103 Å². The van der Waals surface area contributed by atoms with Crippen LogP contribution in [0.3, 0.4) is 0 Å². The van der Waals surface area contributed by atoms with Crippen LogP contribution < -0.4 is 14.8 Å². The zero-order valence-electron chi connectivity index (χ0n) is 17.4. The summed E-state index contributed by atoms with van der Waals surface area (Å²) >= 11 is 3.44. The first-order chi connectivity index (χ1) is 15.4. The minimum atomic E-state index is -0.463. The molecule has 0 bridgehead atoms. The van der Waals surface area contributed by atoms with Crippen molar-refractivity contribution in [1.29, 1.82) is 0 Å². The quantitative estimate of drug-likeness (QED) is 0.253. The number of hydrogen-bond donors (Lipinski definition) is 1. The Labute approximate surface area is 193 Å². The highest BCUT2D eigenvalue weighted by atomic mass is 79.9. The molecule has 0 spiro atoms. The van der Waals surface area contributed by atoms with E-state index in [1.807, 2.05) is 31.2 Å². The monoisotopic (exact) mass is 497 g/mol. The van der Waals surface area contributed by atoms with E-state index in [0.717, 1.165) is 5.56 Å². The molecule has 3 aromatic carbocycles. The first kappa shape index (κ1) is 23.0. The van der Waals surface area contributed by atoms with E-state index in [1.54, 1.807) is 30.5 Å². The summed E-state index contributed by atoms with van der Waals surface area (Å²) < 4.78 is 11.7. The fourth-order valence-electron chi connectivity index (χ4n) is 2.74. The number of benzene rings is 3. The van der Waals surface area contributed by atoms with E-state index in [4.69, 9.17) is 9.47 Å². The summed E-state index contributed by atoms with van der Waals surface area (Å²) in [5, 5.41) is 13.5. The van der Waals surface area contributed by atoms with Crippen LogP contribution in [-0.2, 0) is 4.79 Å². The molecule has 0 radical (unpaired) electrons. The van der Waals surface area contributed by atoms with Gasteiger partial charge in [-0.15, -0.1) is 0 Å². The third-order valence-electron chi connectivity index (χ3n) is 4.36. The molecule has 1 amide bonds. The van der Waals surface area contributed by atoms with Crippen molar-refractivity contribution in [3.05, 3.63) is 86.4 Å². The number of carbonyl (C=O) groups excluding carboxylic acids is 1. The number of hydrogen-bond acceptors (Lipinski definition) is 6. The average molecular weight is 498 g/mol. The number of aliphatic imine (C=N–C) groups is 1. The van der Waals surface area contributed by atoms with E-state index in [-0.39, 0.29) is 18.2 Å². The van der Waals surface area contributed by atoms with Gasteiger partial charge < -0.3 is 14.8 Å². The Morgan fingerprint density at radius 2 is 1.84 bits per heavy atom. The highest BCUT2D eigenvalue weighted by Crippen LogP contribution is 2.36. The van der Waals surface area contributed by atoms with Crippen LogP contribution in [0.15, 0.2) is 70.1 Å². The standard InChI is InChI=1S/C23H20BrN3O5/c1-15-3-5-18(6-4-15)26-22(28)14-32-23-20(24)11-16(12-21(23)31-2)13-25-17-7-9-19(10-8-17)27(29)30/h3-13H,14H2,1-2H3,(H,26,28). The zero-order chi connectivity index (χ0) is 23.1. The number of nitro benzene ring substituents is 1. The lowest BCUT2D eigenvalue weighted by molar-refractivity contribution is -0.384. The van der Waals surface area contributed by atoms with Crippen LogP contribution in [0.4, 0.5) is 17.1 Å². The molecular formula is C23H20BrN3O5. The number of nitrogens with one attached hydrogen (secondary N) is 1. The number of nitro groups is 1. The Morgan fingerprint density at radius 3 is 2.47 bits per heavy atom. The molecule has 9 heteroatoms. The minimum Gasteiger partial charge on any atom is -0.493 e. The fraction of sp³-hybridized carbons (Fsp3) is 0.130. The Kier molecular flexibility index (Phi) is 7.56. The van der Waals surface area contributed by atoms with E-state index >= 15 is 0 Å². The summed E-state index contributed by atoms with van der Waals surface area (Å²) in [6.07, 6.45) is 1.60. The van der Waals surface area contributed by atoms with Gasteiger partial charge in [-0.3, -0.25) is 19.9 Å². The maximum absolute atomic E-state index is 12.2. The summed E-state index contributed by atoms with van der Waals surface area (Å²) in [6.45, 7) is 1.78. The van der Waals surface area contributed by atoms with Crippen LogP contribution in [0, 0.1) is 17.0 Å². The Hall–Kier alpha value is -3.72. The van der Waals surface area contributed by atoms with Gasteiger partial charge in [-0.25, -0.2) is 0 Å². The number of rotatable bonds is 8. The molecule has 0 unspecified atom stereocenters. The van der Waals surface area contributed by atoms with Gasteiger partial charge in [-0.2, -0.15) is 0 Å². The summed E-state index contributed by atoms with van der Waals surface area (Å²) in [4.78, 5) is 26.8. The van der Waals surface area contributed by atoms with E-state index in [9.17, 15) is 14.9 Å². The summed E-state index contributed by atoms with van der Waals surface area (Å²) in [5.74, 6) is 0.512. The SMILES string of the molecule is COc1cc(C=Nc2ccc([N+](=O)[O-])cc2)cc(Br)c1OCC(=O)Nc1ccc(C)cc1. The zero-order valence-corrected chi connectivity index (χ0v) is 19.0. The summed E-state index contributed by atoms with van der Waals surface area (Å²) in [5.41, 5.74) is 3.07. The fourth-order valence-corrected chi connectivity index (χ4v) is 3.31. The van der Waals surface area contributed by atoms with Crippen molar-refractivity contribution < 1.29 is 19.2 Å². The van der Waals surface area contributed by atoms with Crippen LogP contribution in [0.1, 0.15) is 11.1 Å².